The molecule has 3 rings (SSSR count). The van der Waals surface area contributed by atoms with E-state index in [1.165, 1.54) is 0 Å². The first-order valence-electron chi connectivity index (χ1n) is 6.97. The maximum atomic E-state index is 12.2. The van der Waals surface area contributed by atoms with E-state index in [1.54, 1.807) is 0 Å². The number of ether oxygens (including phenoxy) is 1. The van der Waals surface area contributed by atoms with E-state index in [4.69, 9.17) is 4.74 Å². The highest BCUT2D eigenvalue weighted by Gasteiger charge is 2.32. The van der Waals surface area contributed by atoms with Crippen molar-refractivity contribution in [1.29, 1.82) is 0 Å². The van der Waals surface area contributed by atoms with E-state index in [0.717, 1.165) is 37.0 Å². The number of hydrogen-bond donors (Lipinski definition) is 2. The fraction of sp³-hybridized carbons (Fsp3) is 0.533. The van der Waals surface area contributed by atoms with Gasteiger partial charge in [-0.2, -0.15) is 0 Å². The Labute approximate surface area is 112 Å². The van der Waals surface area contributed by atoms with E-state index < -0.39 is 12.2 Å². The van der Waals surface area contributed by atoms with Crippen LogP contribution in [0.15, 0.2) is 24.3 Å². The molecule has 4 heteroatoms. The van der Waals surface area contributed by atoms with Crippen LogP contribution in [-0.2, 0) is 11.2 Å². The third-order valence-electron chi connectivity index (χ3n) is 4.00. The first-order chi connectivity index (χ1) is 9.24. The minimum Gasteiger partial charge on any atom is -0.480 e. The van der Waals surface area contributed by atoms with Crippen molar-refractivity contribution in [2.45, 2.75) is 50.4 Å². The van der Waals surface area contributed by atoms with Crippen molar-refractivity contribution in [3.05, 3.63) is 29.8 Å². The number of amides is 1. The van der Waals surface area contributed by atoms with Gasteiger partial charge in [-0.05, 0) is 24.5 Å². The summed E-state index contributed by atoms with van der Waals surface area (Å²) in [7, 11) is 0. The number of carbonyl (C=O) groups excluding carboxylic acids is 1. The van der Waals surface area contributed by atoms with Crippen molar-refractivity contribution in [3.8, 4) is 5.75 Å². The van der Waals surface area contributed by atoms with Crippen LogP contribution in [0.3, 0.4) is 0 Å². The predicted octanol–water partition coefficient (Wildman–Crippen LogP) is 1.41. The van der Waals surface area contributed by atoms with Gasteiger partial charge in [0.05, 0.1) is 12.1 Å². The van der Waals surface area contributed by atoms with Gasteiger partial charge in [0.1, 0.15) is 5.75 Å². The molecule has 3 atom stereocenters. The molecule has 1 saturated carbocycles. The predicted molar refractivity (Wildman–Crippen MR) is 71.0 cm³/mol. The summed E-state index contributed by atoms with van der Waals surface area (Å²) in [6.07, 6.45) is 3.48. The maximum Gasteiger partial charge on any atom is 0.261 e. The average molecular weight is 261 g/mol. The third-order valence-corrected chi connectivity index (χ3v) is 4.00. The van der Waals surface area contributed by atoms with E-state index >= 15 is 0 Å². The van der Waals surface area contributed by atoms with Crippen LogP contribution in [0.5, 0.6) is 5.75 Å². The summed E-state index contributed by atoms with van der Waals surface area (Å²) in [5, 5.41) is 12.8. The summed E-state index contributed by atoms with van der Waals surface area (Å²) >= 11 is 0. The highest BCUT2D eigenvalue weighted by molar-refractivity contribution is 5.82. The van der Waals surface area contributed by atoms with Crippen molar-refractivity contribution in [3.63, 3.8) is 0 Å². The zero-order valence-corrected chi connectivity index (χ0v) is 10.8. The molecule has 1 aliphatic heterocycles. The monoisotopic (exact) mass is 261 g/mol. The zero-order valence-electron chi connectivity index (χ0n) is 10.8. The van der Waals surface area contributed by atoms with Gasteiger partial charge < -0.3 is 15.2 Å². The summed E-state index contributed by atoms with van der Waals surface area (Å²) in [4.78, 5) is 12.2. The number of fused-ring (bicyclic) bond motifs is 1. The molecule has 102 valence electrons. The highest BCUT2D eigenvalue weighted by atomic mass is 16.5. The molecule has 19 heavy (non-hydrogen) atoms. The first kappa shape index (κ1) is 12.5. The van der Waals surface area contributed by atoms with Gasteiger partial charge in [0.2, 0.25) is 0 Å². The van der Waals surface area contributed by atoms with Gasteiger partial charge in [-0.3, -0.25) is 4.79 Å². The van der Waals surface area contributed by atoms with Gasteiger partial charge >= 0.3 is 0 Å². The van der Waals surface area contributed by atoms with Gasteiger partial charge in [-0.1, -0.05) is 31.0 Å². The third kappa shape index (κ3) is 2.59. The van der Waals surface area contributed by atoms with Crippen molar-refractivity contribution >= 4 is 5.91 Å². The second-order valence-corrected chi connectivity index (χ2v) is 5.39. The Morgan fingerprint density at radius 3 is 2.84 bits per heavy atom. The topological polar surface area (TPSA) is 58.6 Å². The molecule has 2 N–H and O–H groups in total. The molecule has 1 unspecified atom stereocenters. The molecule has 0 saturated heterocycles. The van der Waals surface area contributed by atoms with E-state index in [2.05, 4.69) is 5.32 Å². The Morgan fingerprint density at radius 1 is 1.26 bits per heavy atom. The SMILES string of the molecule is O=C(N[C@@H]1CCCC[C@H]1O)C1Cc2ccccc2O1. The van der Waals surface area contributed by atoms with E-state index in [0.29, 0.717) is 6.42 Å². The lowest BCUT2D eigenvalue weighted by molar-refractivity contribution is -0.129. The van der Waals surface area contributed by atoms with Crippen molar-refractivity contribution < 1.29 is 14.6 Å². The summed E-state index contributed by atoms with van der Waals surface area (Å²) in [6, 6.07) is 7.61. The Bertz CT molecular complexity index is 449. The Balaban J connectivity index is 1.60. The lowest BCUT2D eigenvalue weighted by Crippen LogP contribution is -2.49. The molecule has 1 aromatic rings. The molecule has 1 aliphatic carbocycles. The molecule has 0 radical (unpaired) electrons. The van der Waals surface area contributed by atoms with Crippen LogP contribution in [0, 0.1) is 0 Å². The number of aliphatic hydroxyl groups excluding tert-OH is 1. The molecule has 1 amide bonds. The lowest BCUT2D eigenvalue weighted by atomic mass is 9.92. The number of rotatable bonds is 2. The van der Waals surface area contributed by atoms with E-state index in [1.807, 2.05) is 24.3 Å². The molecule has 4 nitrogen and oxygen atoms in total. The fourth-order valence-electron chi connectivity index (χ4n) is 2.88. The number of nitrogens with one attached hydrogen (secondary N) is 1. The van der Waals surface area contributed by atoms with Gasteiger partial charge in [0.15, 0.2) is 6.10 Å². The van der Waals surface area contributed by atoms with Crippen LogP contribution in [0.4, 0.5) is 0 Å². The van der Waals surface area contributed by atoms with Crippen LogP contribution >= 0.6 is 0 Å². The molecule has 2 aliphatic rings. The van der Waals surface area contributed by atoms with Crippen LogP contribution < -0.4 is 10.1 Å². The van der Waals surface area contributed by atoms with Crippen molar-refractivity contribution in [1.82, 2.24) is 5.32 Å². The average Bonchev–Trinajstić information content (AvgIpc) is 2.85. The lowest BCUT2D eigenvalue weighted by Gasteiger charge is -2.29. The number of aliphatic hydroxyl groups is 1. The normalized spacial score (nSPS) is 29.4. The summed E-state index contributed by atoms with van der Waals surface area (Å²) in [6.45, 7) is 0. The quantitative estimate of drug-likeness (QED) is 0.846. The smallest absolute Gasteiger partial charge is 0.261 e. The second-order valence-electron chi connectivity index (χ2n) is 5.39. The number of carbonyl (C=O) groups is 1. The molecule has 1 heterocycles. The molecule has 1 aromatic carbocycles. The number of hydrogen-bond acceptors (Lipinski definition) is 3. The molecular formula is C15H19NO3. The molecule has 0 bridgehead atoms. The summed E-state index contributed by atoms with van der Waals surface area (Å²) < 4.78 is 5.65. The van der Waals surface area contributed by atoms with Gasteiger partial charge in [0.25, 0.3) is 5.91 Å². The number of benzene rings is 1. The van der Waals surface area contributed by atoms with Gasteiger partial charge in [0, 0.05) is 6.42 Å². The molecule has 0 aromatic heterocycles. The minimum absolute atomic E-state index is 0.109. The Hall–Kier alpha value is -1.55. The Morgan fingerprint density at radius 2 is 2.05 bits per heavy atom. The van der Waals surface area contributed by atoms with Crippen LogP contribution in [-0.4, -0.2) is 29.3 Å². The first-order valence-corrected chi connectivity index (χ1v) is 6.97. The molecule has 1 fully saturated rings. The van der Waals surface area contributed by atoms with Gasteiger partial charge in [-0.25, -0.2) is 0 Å². The van der Waals surface area contributed by atoms with Crippen LogP contribution in [0.1, 0.15) is 31.2 Å². The van der Waals surface area contributed by atoms with E-state index in [-0.39, 0.29) is 11.9 Å². The fourth-order valence-corrected chi connectivity index (χ4v) is 2.88. The largest absolute Gasteiger partial charge is 0.480 e. The van der Waals surface area contributed by atoms with Crippen LogP contribution in [0.25, 0.3) is 0 Å². The summed E-state index contributed by atoms with van der Waals surface area (Å²) in [5.41, 5.74) is 1.08. The minimum atomic E-state index is -0.452. The van der Waals surface area contributed by atoms with Crippen LogP contribution in [0.2, 0.25) is 0 Å². The maximum absolute atomic E-state index is 12.2. The van der Waals surface area contributed by atoms with E-state index in [9.17, 15) is 9.90 Å². The van der Waals surface area contributed by atoms with Crippen molar-refractivity contribution in [2.24, 2.45) is 0 Å². The molecule has 0 spiro atoms. The molecular weight excluding hydrogens is 242 g/mol. The Kier molecular flexibility index (Phi) is 3.42. The highest BCUT2D eigenvalue weighted by Crippen LogP contribution is 2.28. The zero-order chi connectivity index (χ0) is 13.2. The summed E-state index contributed by atoms with van der Waals surface area (Å²) in [5.74, 6) is 0.689. The second kappa shape index (κ2) is 5.21. The standard InChI is InChI=1S/C15H19NO3/c17-12-7-3-2-6-11(12)16-15(18)14-9-10-5-1-4-8-13(10)19-14/h1,4-5,8,11-12,14,17H,2-3,6-7,9H2,(H,16,18)/t11-,12-,14?/m1/s1. The van der Waals surface area contributed by atoms with Gasteiger partial charge in [-0.15, -0.1) is 0 Å². The number of para-hydroxylation sites is 1. The van der Waals surface area contributed by atoms with Crippen molar-refractivity contribution in [2.75, 3.05) is 0 Å².